The Bertz CT molecular complexity index is 624. The van der Waals surface area contributed by atoms with E-state index >= 15 is 0 Å². The third kappa shape index (κ3) is 2.22. The van der Waals surface area contributed by atoms with Crippen molar-refractivity contribution in [3.05, 3.63) is 65.5 Å². The molecular formula is C18H18FNO. The first-order valence-corrected chi connectivity index (χ1v) is 7.47. The summed E-state index contributed by atoms with van der Waals surface area (Å²) in [5.41, 5.74) is 2.59. The standard InChI is InChI=1S/C18H18FNO/c19-15-7-5-14(6-8-15)18(11-20-12-18)10-16-9-13-3-1-2-4-17(13)21-16/h1-8,16,20H,9-12H2. The summed E-state index contributed by atoms with van der Waals surface area (Å²) in [6.45, 7) is 1.88. The molecule has 0 radical (unpaired) electrons. The van der Waals surface area contributed by atoms with E-state index in [0.29, 0.717) is 0 Å². The summed E-state index contributed by atoms with van der Waals surface area (Å²) in [5.74, 6) is 0.842. The van der Waals surface area contributed by atoms with Gasteiger partial charge in [-0.1, -0.05) is 30.3 Å². The van der Waals surface area contributed by atoms with Gasteiger partial charge < -0.3 is 10.1 Å². The molecule has 2 aromatic carbocycles. The van der Waals surface area contributed by atoms with E-state index in [2.05, 4.69) is 17.4 Å². The first-order valence-electron chi connectivity index (χ1n) is 7.47. The fourth-order valence-corrected chi connectivity index (χ4v) is 3.50. The maximum Gasteiger partial charge on any atom is 0.123 e. The molecular weight excluding hydrogens is 265 g/mol. The molecule has 0 aromatic heterocycles. The predicted molar refractivity (Wildman–Crippen MR) is 80.1 cm³/mol. The van der Waals surface area contributed by atoms with Crippen LogP contribution in [0, 0.1) is 5.82 Å². The SMILES string of the molecule is Fc1ccc(C2(CC3Cc4ccccc4O3)CNC2)cc1. The van der Waals surface area contributed by atoms with Crippen molar-refractivity contribution in [1.82, 2.24) is 5.32 Å². The molecule has 0 saturated carbocycles. The number of ether oxygens (including phenoxy) is 1. The van der Waals surface area contributed by atoms with Crippen LogP contribution in [0.4, 0.5) is 4.39 Å². The fourth-order valence-electron chi connectivity index (χ4n) is 3.50. The zero-order valence-electron chi connectivity index (χ0n) is 11.8. The second-order valence-electron chi connectivity index (χ2n) is 6.15. The molecule has 1 saturated heterocycles. The maximum absolute atomic E-state index is 13.1. The zero-order valence-corrected chi connectivity index (χ0v) is 11.8. The number of rotatable bonds is 3. The highest BCUT2D eigenvalue weighted by atomic mass is 19.1. The Morgan fingerprint density at radius 1 is 1.10 bits per heavy atom. The second kappa shape index (κ2) is 4.85. The summed E-state index contributed by atoms with van der Waals surface area (Å²) in [6, 6.07) is 15.2. The maximum atomic E-state index is 13.1. The van der Waals surface area contributed by atoms with Crippen LogP contribution < -0.4 is 10.1 Å². The molecule has 3 heteroatoms. The van der Waals surface area contributed by atoms with Crippen LogP contribution in [0.1, 0.15) is 17.5 Å². The van der Waals surface area contributed by atoms with Gasteiger partial charge in [-0.15, -0.1) is 0 Å². The number of fused-ring (bicyclic) bond motifs is 1. The Morgan fingerprint density at radius 2 is 1.86 bits per heavy atom. The monoisotopic (exact) mass is 283 g/mol. The normalized spacial score (nSPS) is 22.2. The van der Waals surface area contributed by atoms with Gasteiger partial charge in [-0.25, -0.2) is 4.39 Å². The van der Waals surface area contributed by atoms with Gasteiger partial charge in [0.15, 0.2) is 0 Å². The Labute approximate surface area is 123 Å². The van der Waals surface area contributed by atoms with E-state index in [1.54, 1.807) is 12.1 Å². The molecule has 1 atom stereocenters. The van der Waals surface area contributed by atoms with Crippen molar-refractivity contribution in [1.29, 1.82) is 0 Å². The highest BCUT2D eigenvalue weighted by molar-refractivity contribution is 5.38. The van der Waals surface area contributed by atoms with Gasteiger partial charge in [0, 0.05) is 24.9 Å². The van der Waals surface area contributed by atoms with E-state index in [9.17, 15) is 4.39 Å². The van der Waals surface area contributed by atoms with Crippen LogP contribution in [0.5, 0.6) is 5.75 Å². The van der Waals surface area contributed by atoms with Crippen LogP contribution >= 0.6 is 0 Å². The first kappa shape index (κ1) is 12.8. The van der Waals surface area contributed by atoms with Gasteiger partial charge in [-0.05, 0) is 35.7 Å². The van der Waals surface area contributed by atoms with E-state index in [1.165, 1.54) is 11.1 Å². The minimum Gasteiger partial charge on any atom is -0.490 e. The summed E-state index contributed by atoms with van der Waals surface area (Å²) in [6.07, 6.45) is 2.16. The Hall–Kier alpha value is -1.87. The van der Waals surface area contributed by atoms with Crippen molar-refractivity contribution >= 4 is 0 Å². The molecule has 4 rings (SSSR count). The summed E-state index contributed by atoms with van der Waals surface area (Å²) in [5, 5.41) is 3.36. The molecule has 2 aliphatic rings. The third-order valence-corrected chi connectivity index (χ3v) is 4.72. The van der Waals surface area contributed by atoms with E-state index in [1.807, 2.05) is 24.3 Å². The van der Waals surface area contributed by atoms with E-state index in [-0.39, 0.29) is 17.3 Å². The number of hydrogen-bond acceptors (Lipinski definition) is 2. The molecule has 2 nitrogen and oxygen atoms in total. The van der Waals surface area contributed by atoms with Gasteiger partial charge in [0.2, 0.25) is 0 Å². The number of nitrogens with one attached hydrogen (secondary N) is 1. The average molecular weight is 283 g/mol. The quantitative estimate of drug-likeness (QED) is 0.935. The Morgan fingerprint density at radius 3 is 2.52 bits per heavy atom. The number of halogens is 1. The molecule has 1 N–H and O–H groups in total. The molecule has 2 aromatic rings. The highest BCUT2D eigenvalue weighted by Crippen LogP contribution is 2.38. The van der Waals surface area contributed by atoms with Crippen molar-refractivity contribution in [3.8, 4) is 5.75 Å². The van der Waals surface area contributed by atoms with Crippen molar-refractivity contribution in [2.24, 2.45) is 0 Å². The lowest BCUT2D eigenvalue weighted by atomic mass is 9.71. The first-order chi connectivity index (χ1) is 10.3. The van der Waals surface area contributed by atoms with Crippen LogP contribution in [0.2, 0.25) is 0 Å². The zero-order chi connectivity index (χ0) is 14.3. The fraction of sp³-hybridized carbons (Fsp3) is 0.333. The number of hydrogen-bond donors (Lipinski definition) is 1. The molecule has 108 valence electrons. The van der Waals surface area contributed by atoms with Crippen LogP contribution in [0.15, 0.2) is 48.5 Å². The van der Waals surface area contributed by atoms with Crippen molar-refractivity contribution in [2.45, 2.75) is 24.4 Å². The molecule has 0 aliphatic carbocycles. The second-order valence-corrected chi connectivity index (χ2v) is 6.15. The summed E-state index contributed by atoms with van der Waals surface area (Å²) in [4.78, 5) is 0. The molecule has 0 bridgehead atoms. The summed E-state index contributed by atoms with van der Waals surface area (Å²) < 4.78 is 19.2. The van der Waals surface area contributed by atoms with E-state index in [0.717, 1.165) is 31.7 Å². The van der Waals surface area contributed by atoms with Crippen LogP contribution in [0.3, 0.4) is 0 Å². The number of benzene rings is 2. The molecule has 2 aliphatic heterocycles. The van der Waals surface area contributed by atoms with Gasteiger partial charge in [-0.2, -0.15) is 0 Å². The van der Waals surface area contributed by atoms with Crippen molar-refractivity contribution in [2.75, 3.05) is 13.1 Å². The van der Waals surface area contributed by atoms with Crippen molar-refractivity contribution in [3.63, 3.8) is 0 Å². The predicted octanol–water partition coefficient (Wildman–Crippen LogP) is 3.06. The van der Waals surface area contributed by atoms with E-state index in [4.69, 9.17) is 4.74 Å². The van der Waals surface area contributed by atoms with Gasteiger partial charge in [0.25, 0.3) is 0 Å². The van der Waals surface area contributed by atoms with Crippen LogP contribution in [-0.2, 0) is 11.8 Å². The van der Waals surface area contributed by atoms with Crippen LogP contribution in [0.25, 0.3) is 0 Å². The summed E-state index contributed by atoms with van der Waals surface area (Å²) >= 11 is 0. The van der Waals surface area contributed by atoms with E-state index < -0.39 is 0 Å². The molecule has 0 spiro atoms. The van der Waals surface area contributed by atoms with Gasteiger partial charge in [0.1, 0.15) is 17.7 Å². The largest absolute Gasteiger partial charge is 0.490 e. The molecule has 0 amide bonds. The van der Waals surface area contributed by atoms with Crippen LogP contribution in [-0.4, -0.2) is 19.2 Å². The number of para-hydroxylation sites is 1. The minimum absolute atomic E-state index is 0.0837. The summed E-state index contributed by atoms with van der Waals surface area (Å²) in [7, 11) is 0. The third-order valence-electron chi connectivity index (χ3n) is 4.72. The molecule has 1 unspecified atom stereocenters. The highest BCUT2D eigenvalue weighted by Gasteiger charge is 2.42. The molecule has 2 heterocycles. The lowest BCUT2D eigenvalue weighted by Gasteiger charge is -2.44. The van der Waals surface area contributed by atoms with Gasteiger partial charge >= 0.3 is 0 Å². The van der Waals surface area contributed by atoms with Gasteiger partial charge in [0.05, 0.1) is 0 Å². The Kier molecular flexibility index (Phi) is 2.96. The Balaban J connectivity index is 1.54. The van der Waals surface area contributed by atoms with Crippen molar-refractivity contribution < 1.29 is 9.13 Å². The lowest BCUT2D eigenvalue weighted by molar-refractivity contribution is 0.143. The average Bonchev–Trinajstić information content (AvgIpc) is 2.86. The van der Waals surface area contributed by atoms with Gasteiger partial charge in [-0.3, -0.25) is 0 Å². The lowest BCUT2D eigenvalue weighted by Crippen LogP contribution is -2.58. The molecule has 21 heavy (non-hydrogen) atoms. The molecule has 1 fully saturated rings. The smallest absolute Gasteiger partial charge is 0.123 e. The minimum atomic E-state index is -0.175. The topological polar surface area (TPSA) is 21.3 Å².